The van der Waals surface area contributed by atoms with Crippen molar-refractivity contribution in [3.63, 3.8) is 0 Å². The van der Waals surface area contributed by atoms with Gasteiger partial charge >= 0.3 is 0 Å². The summed E-state index contributed by atoms with van der Waals surface area (Å²) in [6.07, 6.45) is 0. The van der Waals surface area contributed by atoms with Gasteiger partial charge in [0.2, 0.25) is 0 Å². The van der Waals surface area contributed by atoms with Gasteiger partial charge in [0.25, 0.3) is 0 Å². The average molecular weight is 127 g/mol. The Kier molecular flexibility index (Phi) is 8.09. The zero-order valence-electron chi connectivity index (χ0n) is 2.47. The van der Waals surface area contributed by atoms with Gasteiger partial charge in [-0.25, -0.2) is 0 Å². The lowest BCUT2D eigenvalue weighted by atomic mass is 11.5. The summed E-state index contributed by atoms with van der Waals surface area (Å²) in [5, 5.41) is 0. The molecule has 0 aliphatic heterocycles. The largest absolute Gasteiger partial charge is 0.415 e. The first-order chi connectivity index (χ1) is 1.73. The minimum absolute atomic E-state index is 0. The molecule has 0 aromatic heterocycles. The van der Waals surface area contributed by atoms with E-state index < -0.39 is 0 Å². The number of nitrogens with two attached hydrogens (primary N) is 1. The van der Waals surface area contributed by atoms with E-state index in [1.54, 1.807) is 0 Å². The smallest absolute Gasteiger partial charge is 0.0576 e. The molecule has 0 aromatic carbocycles. The zero-order valence-corrected chi connectivity index (χ0v) is 5.26. The lowest BCUT2D eigenvalue weighted by Crippen LogP contribution is -1.99. The normalized spacial score (nSPS) is 4.80. The van der Waals surface area contributed by atoms with Gasteiger partial charge in [-0.1, -0.05) is 17.8 Å². The highest BCUT2D eigenvalue weighted by atomic mass is 32.1. The molecule has 0 unspecified atom stereocenters. The van der Waals surface area contributed by atoms with Gasteiger partial charge in [0.05, 0.1) is 0 Å². The van der Waals surface area contributed by atoms with Crippen LogP contribution in [-0.4, -0.2) is 4.32 Å². The summed E-state index contributed by atoms with van der Waals surface area (Å²) in [5.74, 6) is 0. The molecule has 5 heavy (non-hydrogen) atoms. The van der Waals surface area contributed by atoms with Crippen molar-refractivity contribution in [2.45, 2.75) is 0 Å². The van der Waals surface area contributed by atoms with Gasteiger partial charge in [-0.2, -0.15) is 0 Å². The summed E-state index contributed by atoms with van der Waals surface area (Å²) < 4.78 is 0.0833. The molecule has 0 radical (unpaired) electrons. The summed E-state index contributed by atoms with van der Waals surface area (Å²) in [7, 11) is 0. The third-order valence-electron chi connectivity index (χ3n) is 0. The van der Waals surface area contributed by atoms with Crippen molar-refractivity contribution in [1.82, 2.24) is 0 Å². The van der Waals surface area contributed by atoms with Crippen molar-refractivity contribution in [2.24, 2.45) is 5.73 Å². The van der Waals surface area contributed by atoms with Crippen LogP contribution in [0.4, 0.5) is 0 Å². The first kappa shape index (κ1) is 9.07. The quantitative estimate of drug-likeness (QED) is 0.256. The number of thiocarbonyl (C=S) groups is 1. The van der Waals surface area contributed by atoms with E-state index in [0.717, 1.165) is 0 Å². The van der Waals surface area contributed by atoms with Crippen LogP contribution in [0.2, 0.25) is 0 Å². The Morgan fingerprint density at radius 2 is 1.80 bits per heavy atom. The third kappa shape index (κ3) is 128. The van der Waals surface area contributed by atoms with Crippen LogP contribution in [0, 0.1) is 0 Å². The van der Waals surface area contributed by atoms with Crippen LogP contribution in [0.1, 0.15) is 0 Å². The van der Waals surface area contributed by atoms with Gasteiger partial charge in [-0.15, -0.1) is 0 Å². The fourth-order valence-corrected chi connectivity index (χ4v) is 0. The first-order valence-electron chi connectivity index (χ1n) is 0.697. The molecule has 32 valence electrons. The highest BCUT2D eigenvalue weighted by molar-refractivity contribution is 8.00. The van der Waals surface area contributed by atoms with Gasteiger partial charge in [-0.05, 0) is 0 Å². The topological polar surface area (TPSA) is 26.0 Å². The molecule has 4 heteroatoms. The Hall–Kier alpha value is 0.460. The Morgan fingerprint density at radius 3 is 1.80 bits per heavy atom. The molecule has 0 aromatic rings. The van der Waals surface area contributed by atoms with E-state index >= 15 is 0 Å². The Labute approximate surface area is 48.8 Å². The van der Waals surface area contributed by atoms with Crippen LogP contribution < -0.4 is 5.73 Å². The summed E-state index contributed by atoms with van der Waals surface area (Å²) in [6, 6.07) is 0. The van der Waals surface area contributed by atoms with E-state index in [4.69, 9.17) is 0 Å². The lowest BCUT2D eigenvalue weighted by Gasteiger charge is -1.83. The van der Waals surface area contributed by atoms with Gasteiger partial charge < -0.3 is 30.6 Å². The Morgan fingerprint density at radius 1 is 1.80 bits per heavy atom. The average Bonchev–Trinajstić information content (AvgIpc) is 0.811. The van der Waals surface area contributed by atoms with E-state index in [2.05, 4.69) is 30.6 Å². The minimum Gasteiger partial charge on any atom is -0.415 e. The van der Waals surface area contributed by atoms with Crippen LogP contribution >= 0.6 is 12.2 Å². The molecule has 0 atom stereocenters. The maximum atomic E-state index is 4.66. The Bertz CT molecular complexity index is 29.9. The second kappa shape index (κ2) is 4.46. The summed E-state index contributed by atoms with van der Waals surface area (Å²) in [6.45, 7) is 0. The summed E-state index contributed by atoms with van der Waals surface area (Å²) in [5.41, 5.74) is 4.66. The molecule has 0 rings (SSSR count). The second-order valence-corrected chi connectivity index (χ2v) is 1.46. The minimum atomic E-state index is 0. The highest BCUT2D eigenvalue weighted by Gasteiger charge is 1.35. The predicted octanol–water partition coefficient (Wildman–Crippen LogP) is -1.03. The molecule has 0 heterocycles. The zero-order chi connectivity index (χ0) is 3.58. The lowest BCUT2D eigenvalue weighted by molar-refractivity contribution is 1.91. The van der Waals surface area contributed by atoms with Crippen molar-refractivity contribution in [2.75, 3.05) is 0 Å². The summed E-state index contributed by atoms with van der Waals surface area (Å²) >= 11 is 8.26. The van der Waals surface area contributed by atoms with Gasteiger partial charge in [0.15, 0.2) is 0 Å². The molecule has 0 amide bonds. The molecular formula is CH5NS3. The van der Waals surface area contributed by atoms with Crippen LogP contribution in [0.3, 0.4) is 0 Å². The summed E-state index contributed by atoms with van der Waals surface area (Å²) in [4.78, 5) is 0. The predicted molar refractivity (Wildman–Crippen MR) is 35.7 cm³/mol. The molecule has 0 bridgehead atoms. The maximum absolute atomic E-state index is 4.66. The first-order valence-corrected chi connectivity index (χ1v) is 1.51. The van der Waals surface area contributed by atoms with Crippen LogP contribution in [-0.2, 0) is 26.1 Å². The van der Waals surface area contributed by atoms with E-state index in [0.29, 0.717) is 0 Å². The van der Waals surface area contributed by atoms with Crippen molar-refractivity contribution in [3.8, 4) is 0 Å². The van der Waals surface area contributed by atoms with Gasteiger partial charge in [-0.3, -0.25) is 0 Å². The van der Waals surface area contributed by atoms with E-state index in [-0.39, 0.29) is 17.8 Å². The molecule has 0 aliphatic carbocycles. The molecule has 0 fully saturated rings. The van der Waals surface area contributed by atoms with Crippen molar-refractivity contribution < 1.29 is 0 Å². The SMILES string of the molecule is NC(=S)[S-].[SH3+]. The van der Waals surface area contributed by atoms with Crippen LogP contribution in [0.25, 0.3) is 0 Å². The maximum Gasteiger partial charge on any atom is -0.0576 e. The van der Waals surface area contributed by atoms with Crippen LogP contribution in [0.5, 0.6) is 0 Å². The van der Waals surface area contributed by atoms with E-state index in [1.165, 1.54) is 0 Å². The fourth-order valence-electron chi connectivity index (χ4n) is 0. The third-order valence-corrected chi connectivity index (χ3v) is 0. The van der Waals surface area contributed by atoms with Crippen molar-refractivity contribution >= 4 is 42.7 Å². The molecular weight excluding hydrogens is 122 g/mol. The van der Waals surface area contributed by atoms with Crippen molar-refractivity contribution in [1.29, 1.82) is 0 Å². The molecule has 2 N–H and O–H groups in total. The molecule has 0 aliphatic rings. The monoisotopic (exact) mass is 127 g/mol. The Balaban J connectivity index is 0. The molecule has 1 nitrogen and oxygen atoms in total. The van der Waals surface area contributed by atoms with Gasteiger partial charge in [0.1, 0.15) is 0 Å². The second-order valence-electron chi connectivity index (χ2n) is 0.319. The van der Waals surface area contributed by atoms with Crippen LogP contribution in [0.15, 0.2) is 0 Å². The number of rotatable bonds is 0. The van der Waals surface area contributed by atoms with E-state index in [9.17, 15) is 0 Å². The van der Waals surface area contributed by atoms with Crippen molar-refractivity contribution in [3.05, 3.63) is 0 Å². The number of hydrogen-bond donors (Lipinski definition) is 1. The van der Waals surface area contributed by atoms with E-state index in [1.807, 2.05) is 0 Å². The molecule has 0 saturated heterocycles. The fraction of sp³-hybridized carbons (Fsp3) is 0. The molecule has 0 saturated carbocycles. The van der Waals surface area contributed by atoms with Gasteiger partial charge in [0, 0.05) is 0 Å². The molecule has 0 spiro atoms. The standard InChI is InChI=1S/CH3NS2.H2S/c2-1(3)4;/h(H3,2,3,4);1H2. The number of hydrogen-bond acceptors (Lipinski definition) is 2. The highest BCUT2D eigenvalue weighted by Crippen LogP contribution is 1.45.